The summed E-state index contributed by atoms with van der Waals surface area (Å²) in [6.45, 7) is 2.22. The van der Waals surface area contributed by atoms with E-state index in [0.717, 1.165) is 5.69 Å². The molecule has 2 N–H and O–H groups in total. The number of aromatic nitrogens is 1. The molecule has 4 nitrogen and oxygen atoms in total. The summed E-state index contributed by atoms with van der Waals surface area (Å²) in [4.78, 5) is 10.9. The first-order valence-electron chi connectivity index (χ1n) is 4.59. The predicted octanol–water partition coefficient (Wildman–Crippen LogP) is 0.322. The first kappa shape index (κ1) is 14.2. The van der Waals surface area contributed by atoms with Crippen molar-refractivity contribution in [1.82, 2.24) is 4.57 Å². The van der Waals surface area contributed by atoms with Crippen molar-refractivity contribution in [3.63, 3.8) is 0 Å². The molecule has 15 heavy (non-hydrogen) atoms. The van der Waals surface area contributed by atoms with E-state index in [9.17, 15) is 4.79 Å². The van der Waals surface area contributed by atoms with Crippen LogP contribution in [0.2, 0.25) is 0 Å². The number of hydrogen-bond acceptors (Lipinski definition) is 3. The summed E-state index contributed by atoms with van der Waals surface area (Å²) in [6, 6.07) is 3.03. The molecule has 0 saturated carbocycles. The van der Waals surface area contributed by atoms with E-state index in [1.54, 1.807) is 12.3 Å². The normalized spacial score (nSPS) is 11.9. The number of aryl methyl sites for hydroxylation is 2. The quantitative estimate of drug-likeness (QED) is 0.788. The maximum atomic E-state index is 10.9. The zero-order valence-corrected chi connectivity index (χ0v) is 9.41. The second kappa shape index (κ2) is 6.61. The molecule has 5 heteroatoms. The van der Waals surface area contributed by atoms with Crippen LogP contribution in [0, 0.1) is 6.92 Å². The van der Waals surface area contributed by atoms with Crippen molar-refractivity contribution in [3.05, 3.63) is 34.2 Å². The van der Waals surface area contributed by atoms with Crippen molar-refractivity contribution < 1.29 is 10.2 Å². The van der Waals surface area contributed by atoms with E-state index in [-0.39, 0.29) is 24.4 Å². The summed E-state index contributed by atoms with van der Waals surface area (Å²) in [5.41, 5.74) is 0.851. The number of halogens is 1. The largest absolute Gasteiger partial charge is 0.394 e. The zero-order valence-electron chi connectivity index (χ0n) is 8.59. The molecule has 1 rings (SSSR count). The fourth-order valence-electron chi connectivity index (χ4n) is 1.25. The van der Waals surface area contributed by atoms with Gasteiger partial charge in [-0.05, 0) is 13.3 Å². The molecule has 1 aromatic heterocycles. The van der Waals surface area contributed by atoms with Gasteiger partial charge in [0.2, 0.25) is 0 Å². The van der Waals surface area contributed by atoms with Gasteiger partial charge in [0.05, 0.1) is 12.7 Å². The predicted molar refractivity (Wildman–Crippen MR) is 60.4 cm³/mol. The highest BCUT2D eigenvalue weighted by atomic mass is 35.5. The molecule has 86 valence electrons. The highest BCUT2D eigenvalue weighted by Gasteiger charge is 2.02. The summed E-state index contributed by atoms with van der Waals surface area (Å²) in [5, 5.41) is 17.8. The second-order valence-electron chi connectivity index (χ2n) is 3.32. The molecular weight excluding hydrogens is 218 g/mol. The summed E-state index contributed by atoms with van der Waals surface area (Å²) in [7, 11) is 0. The summed E-state index contributed by atoms with van der Waals surface area (Å²) < 4.78 is 1.88. The number of hydrogen-bond donors (Lipinski definition) is 2. The number of rotatable bonds is 4. The SMILES string of the molecule is Cc1cc(=O)ccn1CCC(O)CO.Cl. The minimum absolute atomic E-state index is 0. The molecule has 1 aromatic rings. The summed E-state index contributed by atoms with van der Waals surface area (Å²) in [6.07, 6.45) is 1.50. The molecule has 0 aliphatic rings. The maximum Gasteiger partial charge on any atom is 0.181 e. The lowest BCUT2D eigenvalue weighted by atomic mass is 10.2. The number of aliphatic hydroxyl groups excluding tert-OH is 2. The molecule has 0 aliphatic heterocycles. The molecule has 1 unspecified atom stereocenters. The maximum absolute atomic E-state index is 10.9. The fraction of sp³-hybridized carbons (Fsp3) is 0.500. The van der Waals surface area contributed by atoms with Gasteiger partial charge in [-0.2, -0.15) is 0 Å². The first-order chi connectivity index (χ1) is 6.63. The zero-order chi connectivity index (χ0) is 10.6. The van der Waals surface area contributed by atoms with Crippen LogP contribution in [-0.2, 0) is 6.54 Å². The Balaban J connectivity index is 0.00000196. The van der Waals surface area contributed by atoms with Crippen molar-refractivity contribution in [2.24, 2.45) is 0 Å². The molecule has 0 aromatic carbocycles. The minimum Gasteiger partial charge on any atom is -0.394 e. The highest BCUT2D eigenvalue weighted by Crippen LogP contribution is 1.99. The van der Waals surface area contributed by atoms with Gasteiger partial charge in [0.1, 0.15) is 0 Å². The van der Waals surface area contributed by atoms with Crippen LogP contribution in [0.15, 0.2) is 23.1 Å². The standard InChI is InChI=1S/C10H15NO3.ClH/c1-8-6-9(13)2-4-11(8)5-3-10(14)7-12;/h2,4,6,10,12,14H,3,5,7H2,1H3;1H. The van der Waals surface area contributed by atoms with Crippen molar-refractivity contribution in [1.29, 1.82) is 0 Å². The molecule has 0 fully saturated rings. The van der Waals surface area contributed by atoms with Gasteiger partial charge in [-0.25, -0.2) is 0 Å². The Morgan fingerprint density at radius 3 is 2.73 bits per heavy atom. The third kappa shape index (κ3) is 4.46. The van der Waals surface area contributed by atoms with E-state index in [0.29, 0.717) is 13.0 Å². The molecule has 0 radical (unpaired) electrons. The van der Waals surface area contributed by atoms with Crippen LogP contribution in [0.1, 0.15) is 12.1 Å². The molecule has 0 bridgehead atoms. The van der Waals surface area contributed by atoms with Crippen molar-refractivity contribution in [2.75, 3.05) is 6.61 Å². The fourth-order valence-corrected chi connectivity index (χ4v) is 1.25. The minimum atomic E-state index is -0.686. The van der Waals surface area contributed by atoms with E-state index in [2.05, 4.69) is 0 Å². The Kier molecular flexibility index (Phi) is 6.24. The van der Waals surface area contributed by atoms with Gasteiger partial charge in [-0.3, -0.25) is 4.79 Å². The number of nitrogens with zero attached hydrogens (tertiary/aromatic N) is 1. The van der Waals surface area contributed by atoms with Gasteiger partial charge in [-0.15, -0.1) is 12.4 Å². The average Bonchev–Trinajstić information content (AvgIpc) is 2.16. The molecule has 1 atom stereocenters. The third-order valence-corrected chi connectivity index (χ3v) is 2.14. The Morgan fingerprint density at radius 1 is 1.53 bits per heavy atom. The van der Waals surface area contributed by atoms with E-state index in [1.807, 2.05) is 11.5 Å². The van der Waals surface area contributed by atoms with Crippen LogP contribution in [0.25, 0.3) is 0 Å². The van der Waals surface area contributed by atoms with Crippen LogP contribution < -0.4 is 5.43 Å². The van der Waals surface area contributed by atoms with E-state index in [4.69, 9.17) is 10.2 Å². The number of pyridine rings is 1. The van der Waals surface area contributed by atoms with E-state index < -0.39 is 6.10 Å². The lowest BCUT2D eigenvalue weighted by Crippen LogP contribution is -2.17. The van der Waals surface area contributed by atoms with E-state index >= 15 is 0 Å². The molecule has 0 saturated heterocycles. The lowest BCUT2D eigenvalue weighted by Gasteiger charge is -2.11. The van der Waals surface area contributed by atoms with Gasteiger partial charge >= 0.3 is 0 Å². The lowest BCUT2D eigenvalue weighted by molar-refractivity contribution is 0.0845. The Morgan fingerprint density at radius 2 is 2.20 bits per heavy atom. The Hall–Kier alpha value is -0.840. The van der Waals surface area contributed by atoms with Crippen molar-refractivity contribution >= 4 is 12.4 Å². The summed E-state index contributed by atoms with van der Waals surface area (Å²) in [5.74, 6) is 0. The van der Waals surface area contributed by atoms with Gasteiger partial charge in [0.25, 0.3) is 0 Å². The molecule has 0 spiro atoms. The highest BCUT2D eigenvalue weighted by molar-refractivity contribution is 5.85. The molecular formula is C10H16ClNO3. The Labute approximate surface area is 94.6 Å². The van der Waals surface area contributed by atoms with Crippen LogP contribution >= 0.6 is 12.4 Å². The van der Waals surface area contributed by atoms with Crippen molar-refractivity contribution in [2.45, 2.75) is 26.0 Å². The Bertz CT molecular complexity index is 351. The summed E-state index contributed by atoms with van der Waals surface area (Å²) >= 11 is 0. The van der Waals surface area contributed by atoms with Gasteiger partial charge < -0.3 is 14.8 Å². The molecule has 0 aliphatic carbocycles. The van der Waals surface area contributed by atoms with Crippen molar-refractivity contribution in [3.8, 4) is 0 Å². The average molecular weight is 234 g/mol. The van der Waals surface area contributed by atoms with Gasteiger partial charge in [0, 0.05) is 30.6 Å². The third-order valence-electron chi connectivity index (χ3n) is 2.14. The first-order valence-corrected chi connectivity index (χ1v) is 4.59. The smallest absolute Gasteiger partial charge is 0.181 e. The van der Waals surface area contributed by atoms with Gasteiger partial charge in [-0.1, -0.05) is 0 Å². The molecule has 1 heterocycles. The van der Waals surface area contributed by atoms with E-state index in [1.165, 1.54) is 6.07 Å². The van der Waals surface area contributed by atoms with Gasteiger partial charge in [0.15, 0.2) is 5.43 Å². The van der Waals surface area contributed by atoms with Crippen LogP contribution in [0.4, 0.5) is 0 Å². The van der Waals surface area contributed by atoms with Crippen LogP contribution in [0.5, 0.6) is 0 Å². The topological polar surface area (TPSA) is 62.5 Å². The second-order valence-corrected chi connectivity index (χ2v) is 3.32. The van der Waals surface area contributed by atoms with Crippen LogP contribution in [0.3, 0.4) is 0 Å². The monoisotopic (exact) mass is 233 g/mol. The number of aliphatic hydroxyl groups is 2. The molecule has 0 amide bonds. The van der Waals surface area contributed by atoms with Crippen LogP contribution in [-0.4, -0.2) is 27.5 Å².